The monoisotopic (exact) mass is 415 g/mol. The molecule has 16 heavy (non-hydrogen) atoms. The molecule has 0 aromatic rings. The standard InChI is InChI=1S/C5H9.C3H8N.C2H4O3.H3N.Pt/c1-2-4-5-3-1;1-3(2)4;3-1-2(4)5;;/h1H,2-5H2;3H,1,4H2,2H3;3H,1H2,(H,4,5);1H3;/q2*-1;;;+2. The number of hydrogen-bond acceptors (Lipinski definition) is 4. The van der Waals surface area contributed by atoms with Gasteiger partial charge in [-0.15, -0.1) is 6.04 Å². The normalized spacial score (nSPS) is 13.8. The van der Waals surface area contributed by atoms with Crippen molar-refractivity contribution < 1.29 is 36.1 Å². The fourth-order valence-electron chi connectivity index (χ4n) is 0.722. The molecule has 1 fully saturated rings. The number of carboxylic acid groups (broad SMARTS) is 1. The van der Waals surface area contributed by atoms with Crippen LogP contribution in [0, 0.1) is 13.3 Å². The van der Waals surface area contributed by atoms with Crippen molar-refractivity contribution in [1.82, 2.24) is 6.15 Å². The van der Waals surface area contributed by atoms with Crippen LogP contribution in [0.5, 0.6) is 0 Å². The van der Waals surface area contributed by atoms with Gasteiger partial charge in [0, 0.05) is 0 Å². The van der Waals surface area contributed by atoms with E-state index in [1.54, 1.807) is 0 Å². The van der Waals surface area contributed by atoms with Gasteiger partial charge in [-0.2, -0.15) is 12.8 Å². The third-order valence-electron chi connectivity index (χ3n) is 1.20. The van der Waals surface area contributed by atoms with Crippen LogP contribution in [-0.2, 0) is 25.9 Å². The molecule has 0 spiro atoms. The summed E-state index contributed by atoms with van der Waals surface area (Å²) in [6, 6.07) is 0.0833. The van der Waals surface area contributed by atoms with Crippen molar-refractivity contribution in [2.24, 2.45) is 5.73 Å². The zero-order valence-electron chi connectivity index (χ0n) is 9.80. The Morgan fingerprint density at radius 1 is 1.50 bits per heavy atom. The Bertz CT molecular complexity index is 121. The SMILES string of the molecule is N.O=C(O)CO.[CH-]1CCCC1.[CH2-]C(C)N.[Pt+2]. The van der Waals surface area contributed by atoms with Crippen LogP contribution < -0.4 is 11.9 Å². The van der Waals surface area contributed by atoms with Crippen molar-refractivity contribution in [3.05, 3.63) is 13.3 Å². The Labute approximate surface area is 113 Å². The first-order valence-electron chi connectivity index (χ1n) is 4.73. The summed E-state index contributed by atoms with van der Waals surface area (Å²) in [5, 5.41) is 15.0. The molecule has 0 aliphatic heterocycles. The molecule has 0 bridgehead atoms. The second-order valence-corrected chi connectivity index (χ2v) is 3.10. The van der Waals surface area contributed by atoms with Crippen LogP contribution in [-0.4, -0.2) is 28.8 Å². The van der Waals surface area contributed by atoms with Gasteiger partial charge >= 0.3 is 27.0 Å². The molecule has 0 saturated heterocycles. The Kier molecular flexibility index (Phi) is 32.0. The van der Waals surface area contributed by atoms with E-state index in [-0.39, 0.29) is 33.3 Å². The predicted molar refractivity (Wildman–Crippen MR) is 61.5 cm³/mol. The van der Waals surface area contributed by atoms with Crippen molar-refractivity contribution in [2.75, 3.05) is 6.61 Å². The van der Waals surface area contributed by atoms with Gasteiger partial charge in [0.2, 0.25) is 0 Å². The number of carboxylic acids is 1. The Morgan fingerprint density at radius 3 is 1.81 bits per heavy atom. The molecule has 1 atom stereocenters. The van der Waals surface area contributed by atoms with Gasteiger partial charge in [-0.3, -0.25) is 0 Å². The second-order valence-electron chi connectivity index (χ2n) is 3.10. The number of aliphatic hydroxyl groups excluding tert-OH is 1. The maximum absolute atomic E-state index is 9.12. The number of aliphatic hydroxyl groups is 1. The third kappa shape index (κ3) is 48.2. The van der Waals surface area contributed by atoms with E-state index in [1.807, 2.05) is 6.92 Å². The van der Waals surface area contributed by atoms with E-state index in [4.69, 9.17) is 20.7 Å². The van der Waals surface area contributed by atoms with Gasteiger partial charge in [-0.1, -0.05) is 19.8 Å². The average Bonchev–Trinajstić information content (AvgIpc) is 2.59. The second kappa shape index (κ2) is 20.5. The van der Waals surface area contributed by atoms with Gasteiger partial charge in [-0.05, 0) is 0 Å². The molecule has 1 saturated carbocycles. The van der Waals surface area contributed by atoms with Crippen LogP contribution in [0.25, 0.3) is 0 Å². The summed E-state index contributed by atoms with van der Waals surface area (Å²) in [4.78, 5) is 9.12. The number of nitrogens with two attached hydrogens (primary N) is 1. The first-order chi connectivity index (χ1) is 6.50. The molecule has 0 heterocycles. The minimum atomic E-state index is -1.19. The van der Waals surface area contributed by atoms with Crippen molar-refractivity contribution in [3.8, 4) is 0 Å². The molecule has 0 radical (unpaired) electrons. The molecule has 1 rings (SSSR count). The summed E-state index contributed by atoms with van der Waals surface area (Å²) in [7, 11) is 0. The van der Waals surface area contributed by atoms with E-state index in [0.717, 1.165) is 0 Å². The van der Waals surface area contributed by atoms with Gasteiger partial charge in [-0.25, -0.2) is 4.79 Å². The number of aliphatic carboxylic acids is 1. The molecular weight excluding hydrogens is 391 g/mol. The first kappa shape index (κ1) is 25.0. The minimum absolute atomic E-state index is 0. The van der Waals surface area contributed by atoms with Gasteiger partial charge in [0.1, 0.15) is 6.61 Å². The van der Waals surface area contributed by atoms with Crippen molar-refractivity contribution in [1.29, 1.82) is 0 Å². The van der Waals surface area contributed by atoms with Crippen LogP contribution in [0.3, 0.4) is 0 Å². The van der Waals surface area contributed by atoms with E-state index in [1.165, 1.54) is 25.7 Å². The van der Waals surface area contributed by atoms with Gasteiger partial charge in [0.05, 0.1) is 0 Å². The van der Waals surface area contributed by atoms with Crippen molar-refractivity contribution >= 4 is 5.97 Å². The quantitative estimate of drug-likeness (QED) is 0.479. The molecule has 0 amide bonds. The molecule has 5 nitrogen and oxygen atoms in total. The molecule has 6 heteroatoms. The Morgan fingerprint density at radius 2 is 1.75 bits per heavy atom. The Balaban J connectivity index is -0.0000000641. The molecule has 0 aromatic heterocycles. The van der Waals surface area contributed by atoms with Crippen molar-refractivity contribution in [3.63, 3.8) is 0 Å². The molecule has 102 valence electrons. The average molecular weight is 415 g/mol. The van der Waals surface area contributed by atoms with Crippen molar-refractivity contribution in [2.45, 2.75) is 38.6 Å². The number of rotatable bonds is 1. The molecule has 7 N–H and O–H groups in total. The fourth-order valence-corrected chi connectivity index (χ4v) is 0.722. The van der Waals surface area contributed by atoms with E-state index in [9.17, 15) is 0 Å². The largest absolute Gasteiger partial charge is 2.00 e. The number of carbonyl (C=O) groups is 1. The van der Waals surface area contributed by atoms with E-state index in [2.05, 4.69) is 13.3 Å². The smallest absolute Gasteiger partial charge is 0.480 e. The molecule has 1 unspecified atom stereocenters. The van der Waals surface area contributed by atoms with Crippen LogP contribution in [0.15, 0.2) is 0 Å². The molecule has 1 aliphatic rings. The zero-order chi connectivity index (χ0) is 11.4. The summed E-state index contributed by atoms with van der Waals surface area (Å²) in [5.41, 5.74) is 5.00. The minimum Gasteiger partial charge on any atom is -0.480 e. The molecular formula is C10H24N2O3Pt. The summed E-state index contributed by atoms with van der Waals surface area (Å²) in [6.07, 6.45) is 8.00. The van der Waals surface area contributed by atoms with E-state index < -0.39 is 12.6 Å². The van der Waals surface area contributed by atoms with Gasteiger partial charge < -0.3 is 35.4 Å². The topological polar surface area (TPSA) is 119 Å². The van der Waals surface area contributed by atoms with Crippen LogP contribution in [0.2, 0.25) is 0 Å². The molecule has 1 aliphatic carbocycles. The summed E-state index contributed by atoms with van der Waals surface area (Å²) >= 11 is 0. The van der Waals surface area contributed by atoms with Crippen LogP contribution in [0.4, 0.5) is 0 Å². The maximum atomic E-state index is 9.12. The van der Waals surface area contributed by atoms with Crippen LogP contribution in [0.1, 0.15) is 32.6 Å². The maximum Gasteiger partial charge on any atom is 2.00 e. The predicted octanol–water partition coefficient (Wildman–Crippen LogP) is 1.16. The van der Waals surface area contributed by atoms with Crippen LogP contribution >= 0.6 is 0 Å². The number of hydrogen-bond donors (Lipinski definition) is 4. The van der Waals surface area contributed by atoms with Gasteiger partial charge in [0.25, 0.3) is 0 Å². The van der Waals surface area contributed by atoms with E-state index >= 15 is 0 Å². The summed E-state index contributed by atoms with van der Waals surface area (Å²) in [5.74, 6) is -1.19. The Hall–Kier alpha value is 0.0383. The fraction of sp³-hybridized carbons (Fsp3) is 0.700. The zero-order valence-corrected chi connectivity index (χ0v) is 12.1. The third-order valence-corrected chi connectivity index (χ3v) is 1.20. The van der Waals surface area contributed by atoms with E-state index in [0.29, 0.717) is 0 Å². The summed E-state index contributed by atoms with van der Waals surface area (Å²) in [6.45, 7) is 4.47. The summed E-state index contributed by atoms with van der Waals surface area (Å²) < 4.78 is 0. The first-order valence-corrected chi connectivity index (χ1v) is 4.73. The van der Waals surface area contributed by atoms with Gasteiger partial charge in [0.15, 0.2) is 0 Å². The molecule has 0 aromatic carbocycles.